The lowest BCUT2D eigenvalue weighted by Crippen LogP contribution is -2.39. The molecule has 10 heteroatoms. The van der Waals surface area contributed by atoms with Crippen LogP contribution in [0.25, 0.3) is 6.08 Å². The van der Waals surface area contributed by atoms with Crippen LogP contribution in [0.2, 0.25) is 0 Å². The van der Waals surface area contributed by atoms with Crippen LogP contribution in [0.3, 0.4) is 0 Å². The lowest BCUT2D eigenvalue weighted by Gasteiger charge is -2.25. The molecule has 1 aromatic heterocycles. The van der Waals surface area contributed by atoms with Gasteiger partial charge in [0.2, 0.25) is 0 Å². The molecule has 0 aliphatic carbocycles. The lowest BCUT2D eigenvalue weighted by atomic mass is 9.95. The van der Waals surface area contributed by atoms with E-state index < -0.39 is 12.0 Å². The van der Waals surface area contributed by atoms with Gasteiger partial charge in [-0.25, -0.2) is 9.79 Å². The van der Waals surface area contributed by atoms with E-state index >= 15 is 0 Å². The lowest BCUT2D eigenvalue weighted by molar-refractivity contribution is -0.139. The van der Waals surface area contributed by atoms with Crippen LogP contribution in [0, 0.1) is 0 Å². The SMILES string of the molecule is C=CCOc1ccc(/C=c2/sc3n(c2=O)[C@@H](c2ccc(OC)c(OC)c2)C(C(=O)OCC)=C(C)N=3)cc1Br. The van der Waals surface area contributed by atoms with E-state index in [1.54, 1.807) is 51.3 Å². The van der Waals surface area contributed by atoms with Gasteiger partial charge in [0.15, 0.2) is 16.3 Å². The molecule has 0 bridgehead atoms. The molecule has 2 heterocycles. The molecule has 3 aromatic rings. The summed E-state index contributed by atoms with van der Waals surface area (Å²) < 4.78 is 24.6. The first-order chi connectivity index (χ1) is 18.3. The molecular weight excluding hydrogens is 572 g/mol. The van der Waals surface area contributed by atoms with Crippen molar-refractivity contribution in [1.82, 2.24) is 4.57 Å². The summed E-state index contributed by atoms with van der Waals surface area (Å²) in [6.45, 7) is 7.72. The Morgan fingerprint density at radius 1 is 1.16 bits per heavy atom. The number of esters is 1. The summed E-state index contributed by atoms with van der Waals surface area (Å²) in [5, 5.41) is 0. The Bertz CT molecular complexity index is 1600. The summed E-state index contributed by atoms with van der Waals surface area (Å²) in [5.74, 6) is 1.16. The van der Waals surface area contributed by atoms with Crippen LogP contribution >= 0.6 is 27.3 Å². The molecule has 1 aliphatic heterocycles. The second-order valence-electron chi connectivity index (χ2n) is 8.21. The zero-order valence-electron chi connectivity index (χ0n) is 21.4. The topological polar surface area (TPSA) is 88.3 Å². The number of nitrogens with zero attached hydrogens (tertiary/aromatic N) is 2. The zero-order chi connectivity index (χ0) is 27.4. The van der Waals surface area contributed by atoms with Gasteiger partial charge in [-0.15, -0.1) is 0 Å². The van der Waals surface area contributed by atoms with E-state index in [1.807, 2.05) is 18.2 Å². The van der Waals surface area contributed by atoms with Gasteiger partial charge in [0, 0.05) is 0 Å². The van der Waals surface area contributed by atoms with E-state index in [0.717, 1.165) is 10.0 Å². The fourth-order valence-corrected chi connectivity index (χ4v) is 5.71. The predicted molar refractivity (Wildman–Crippen MR) is 150 cm³/mol. The number of hydrogen-bond acceptors (Lipinski definition) is 8. The van der Waals surface area contributed by atoms with Gasteiger partial charge in [0.1, 0.15) is 12.4 Å². The number of carbonyl (C=O) groups is 1. The number of aromatic nitrogens is 1. The van der Waals surface area contributed by atoms with E-state index in [1.165, 1.54) is 23.0 Å². The third-order valence-corrected chi connectivity index (χ3v) is 7.45. The minimum absolute atomic E-state index is 0.195. The standard InChI is InChI=1S/C28H27BrN2O6S/c1-6-12-37-20-10-8-17(13-19(20)29)14-23-26(32)31-25(18-9-11-21(34-4)22(15-18)35-5)24(27(33)36-7-2)16(3)30-28(31)38-23/h6,8-11,13-15,25H,1,7,12H2,2-5H3/b23-14+/t25-/m0/s1. The Hall–Kier alpha value is -3.63. The van der Waals surface area contributed by atoms with Gasteiger partial charge in [0.25, 0.3) is 5.56 Å². The summed E-state index contributed by atoms with van der Waals surface area (Å²) in [4.78, 5) is 32.0. The molecule has 4 rings (SSSR count). The number of halogens is 1. The van der Waals surface area contributed by atoms with Crippen molar-refractivity contribution in [2.24, 2.45) is 4.99 Å². The number of rotatable bonds is 9. The van der Waals surface area contributed by atoms with Crippen molar-refractivity contribution < 1.29 is 23.7 Å². The van der Waals surface area contributed by atoms with Crippen molar-refractivity contribution in [1.29, 1.82) is 0 Å². The van der Waals surface area contributed by atoms with Gasteiger partial charge in [-0.1, -0.05) is 36.1 Å². The van der Waals surface area contributed by atoms with Crippen molar-refractivity contribution in [2.45, 2.75) is 19.9 Å². The number of thiazole rings is 1. The highest BCUT2D eigenvalue weighted by Gasteiger charge is 2.33. The summed E-state index contributed by atoms with van der Waals surface area (Å²) in [5.41, 5.74) is 1.98. The van der Waals surface area contributed by atoms with Gasteiger partial charge < -0.3 is 18.9 Å². The van der Waals surface area contributed by atoms with Crippen molar-refractivity contribution in [3.05, 3.63) is 95.6 Å². The molecule has 0 saturated carbocycles. The second kappa shape index (κ2) is 11.8. The van der Waals surface area contributed by atoms with E-state index in [9.17, 15) is 9.59 Å². The zero-order valence-corrected chi connectivity index (χ0v) is 23.9. The number of methoxy groups -OCH3 is 2. The van der Waals surface area contributed by atoms with Crippen LogP contribution in [-0.2, 0) is 9.53 Å². The first-order valence-electron chi connectivity index (χ1n) is 11.8. The number of ether oxygens (including phenoxy) is 4. The maximum Gasteiger partial charge on any atom is 0.338 e. The summed E-state index contributed by atoms with van der Waals surface area (Å²) in [6.07, 6.45) is 3.46. The fraction of sp³-hybridized carbons (Fsp3) is 0.250. The monoisotopic (exact) mass is 598 g/mol. The molecule has 8 nitrogen and oxygen atoms in total. The van der Waals surface area contributed by atoms with E-state index in [-0.39, 0.29) is 12.2 Å². The number of allylic oxidation sites excluding steroid dienone is 1. The van der Waals surface area contributed by atoms with Gasteiger partial charge >= 0.3 is 5.97 Å². The smallest absolute Gasteiger partial charge is 0.338 e. The van der Waals surface area contributed by atoms with Crippen molar-refractivity contribution >= 4 is 39.3 Å². The normalized spacial score (nSPS) is 15.0. The third kappa shape index (κ3) is 5.32. The van der Waals surface area contributed by atoms with E-state index in [2.05, 4.69) is 27.5 Å². The van der Waals surface area contributed by atoms with Crippen LogP contribution in [0.5, 0.6) is 17.2 Å². The van der Waals surface area contributed by atoms with Crippen LogP contribution in [-0.4, -0.2) is 38.0 Å². The number of fused-ring (bicyclic) bond motifs is 1. The maximum absolute atomic E-state index is 13.8. The van der Waals surface area contributed by atoms with Crippen LogP contribution in [0.15, 0.2) is 74.6 Å². The minimum Gasteiger partial charge on any atom is -0.493 e. The number of benzene rings is 2. The van der Waals surface area contributed by atoms with Crippen molar-refractivity contribution in [3.8, 4) is 17.2 Å². The molecule has 0 saturated heterocycles. The molecule has 0 amide bonds. The molecule has 0 N–H and O–H groups in total. The highest BCUT2D eigenvalue weighted by molar-refractivity contribution is 9.10. The molecule has 38 heavy (non-hydrogen) atoms. The molecular formula is C28H27BrN2O6S. The molecule has 1 aliphatic rings. The molecule has 0 spiro atoms. The molecule has 0 unspecified atom stereocenters. The summed E-state index contributed by atoms with van der Waals surface area (Å²) >= 11 is 4.77. The Balaban J connectivity index is 1.90. The highest BCUT2D eigenvalue weighted by atomic mass is 79.9. The largest absolute Gasteiger partial charge is 0.493 e. The fourth-order valence-electron chi connectivity index (χ4n) is 4.15. The van der Waals surface area contributed by atoms with E-state index in [0.29, 0.717) is 50.0 Å². The Morgan fingerprint density at radius 3 is 2.55 bits per heavy atom. The Labute approximate surface area is 232 Å². The quantitative estimate of drug-likeness (QED) is 0.272. The van der Waals surface area contributed by atoms with Gasteiger partial charge in [-0.05, 0) is 71.2 Å². The van der Waals surface area contributed by atoms with Crippen LogP contribution < -0.4 is 29.1 Å². The highest BCUT2D eigenvalue weighted by Crippen LogP contribution is 2.36. The number of hydrogen-bond donors (Lipinski definition) is 0. The Kier molecular flexibility index (Phi) is 8.53. The van der Waals surface area contributed by atoms with E-state index in [4.69, 9.17) is 18.9 Å². The first kappa shape index (κ1) is 27.4. The predicted octanol–water partition coefficient (Wildman–Crippen LogP) is 4.14. The van der Waals surface area contributed by atoms with Crippen LogP contribution in [0.1, 0.15) is 31.0 Å². The minimum atomic E-state index is -0.756. The van der Waals surface area contributed by atoms with Gasteiger partial charge in [-0.3, -0.25) is 9.36 Å². The summed E-state index contributed by atoms with van der Waals surface area (Å²) in [7, 11) is 3.08. The molecule has 0 fully saturated rings. The average molecular weight is 600 g/mol. The van der Waals surface area contributed by atoms with Crippen molar-refractivity contribution in [2.75, 3.05) is 27.4 Å². The molecule has 0 radical (unpaired) electrons. The van der Waals surface area contributed by atoms with Crippen LogP contribution in [0.4, 0.5) is 0 Å². The Morgan fingerprint density at radius 2 is 1.89 bits per heavy atom. The molecule has 198 valence electrons. The first-order valence-corrected chi connectivity index (χ1v) is 13.4. The second-order valence-corrected chi connectivity index (χ2v) is 10.1. The summed E-state index contributed by atoms with van der Waals surface area (Å²) in [6, 6.07) is 10.1. The maximum atomic E-state index is 13.8. The third-order valence-electron chi connectivity index (χ3n) is 5.85. The molecule has 1 atom stereocenters. The van der Waals surface area contributed by atoms with Crippen molar-refractivity contribution in [3.63, 3.8) is 0 Å². The molecule has 2 aromatic carbocycles. The average Bonchev–Trinajstić information content (AvgIpc) is 3.21. The van der Waals surface area contributed by atoms with Gasteiger partial charge in [0.05, 0.1) is 47.1 Å². The van der Waals surface area contributed by atoms with Gasteiger partial charge in [-0.2, -0.15) is 0 Å². The number of carbonyl (C=O) groups excluding carboxylic acids is 1.